The molecule has 0 unspecified atom stereocenters. The Hall–Kier alpha value is -0.830. The van der Waals surface area contributed by atoms with E-state index < -0.39 is 0 Å². The zero-order valence-electron chi connectivity index (χ0n) is 10.4. The van der Waals surface area contributed by atoms with Crippen molar-refractivity contribution >= 4 is 17.2 Å². The molecule has 0 aromatic carbocycles. The predicted octanol–water partition coefficient (Wildman–Crippen LogP) is 3.76. The van der Waals surface area contributed by atoms with Crippen LogP contribution in [-0.4, -0.2) is 11.9 Å². The number of aryl methyl sites for hydroxylation is 1. The molecular weight excluding hydrogens is 218 g/mol. The van der Waals surface area contributed by atoms with Crippen LogP contribution in [0.15, 0.2) is 11.4 Å². The first-order valence-corrected chi connectivity index (χ1v) is 6.91. The molecule has 0 aliphatic heterocycles. The zero-order chi connectivity index (χ0) is 12.0. The van der Waals surface area contributed by atoms with Crippen LogP contribution in [0.25, 0.3) is 0 Å². The molecule has 1 rings (SSSR count). The second-order valence-electron chi connectivity index (χ2n) is 4.24. The monoisotopic (exact) mass is 239 g/mol. The van der Waals surface area contributed by atoms with Crippen LogP contribution in [0.3, 0.4) is 0 Å². The van der Waals surface area contributed by atoms with Gasteiger partial charge in [-0.3, -0.25) is 4.79 Å². The first-order chi connectivity index (χ1) is 7.67. The van der Waals surface area contributed by atoms with Crippen LogP contribution in [0.2, 0.25) is 0 Å². The molecule has 0 radical (unpaired) electrons. The highest BCUT2D eigenvalue weighted by Crippen LogP contribution is 2.14. The maximum absolute atomic E-state index is 11.9. The van der Waals surface area contributed by atoms with E-state index in [1.54, 1.807) is 0 Å². The third-order valence-corrected chi connectivity index (χ3v) is 3.61. The van der Waals surface area contributed by atoms with E-state index in [9.17, 15) is 4.79 Å². The van der Waals surface area contributed by atoms with Gasteiger partial charge in [-0.2, -0.15) is 0 Å². The molecule has 0 saturated carbocycles. The van der Waals surface area contributed by atoms with Gasteiger partial charge in [0.25, 0.3) is 5.91 Å². The molecule has 0 aliphatic rings. The van der Waals surface area contributed by atoms with Gasteiger partial charge < -0.3 is 5.32 Å². The van der Waals surface area contributed by atoms with Crippen molar-refractivity contribution in [2.24, 2.45) is 0 Å². The summed E-state index contributed by atoms with van der Waals surface area (Å²) in [4.78, 5) is 12.7. The van der Waals surface area contributed by atoms with Crippen LogP contribution in [0.5, 0.6) is 0 Å². The number of rotatable bonds is 6. The average molecular weight is 239 g/mol. The van der Waals surface area contributed by atoms with Crippen molar-refractivity contribution in [3.63, 3.8) is 0 Å². The lowest BCUT2D eigenvalue weighted by molar-refractivity contribution is 0.0936. The molecule has 1 aromatic heterocycles. The summed E-state index contributed by atoms with van der Waals surface area (Å²) in [6.07, 6.45) is 4.39. The topological polar surface area (TPSA) is 29.1 Å². The molecule has 3 heteroatoms. The summed E-state index contributed by atoms with van der Waals surface area (Å²) in [5, 5.41) is 5.14. The molecule has 2 nitrogen and oxygen atoms in total. The van der Waals surface area contributed by atoms with Crippen molar-refractivity contribution in [3.8, 4) is 0 Å². The standard InChI is InChI=1S/C13H21NOS/c1-4-6-11(7-5-2)14-13(15)12-8-10(3)9-16-12/h8-9,11H,4-7H2,1-3H3,(H,14,15). The Balaban J connectivity index is 2.54. The van der Waals surface area contributed by atoms with Crippen molar-refractivity contribution in [2.75, 3.05) is 0 Å². The van der Waals surface area contributed by atoms with Gasteiger partial charge in [0.1, 0.15) is 0 Å². The van der Waals surface area contributed by atoms with Crippen molar-refractivity contribution in [1.82, 2.24) is 5.32 Å². The summed E-state index contributed by atoms with van der Waals surface area (Å²) in [5.74, 6) is 0.0880. The minimum atomic E-state index is 0.0880. The Kier molecular flexibility index (Phi) is 5.53. The number of amides is 1. The second kappa shape index (κ2) is 6.69. The lowest BCUT2D eigenvalue weighted by Crippen LogP contribution is -2.34. The predicted molar refractivity (Wildman–Crippen MR) is 70.1 cm³/mol. The van der Waals surface area contributed by atoms with E-state index >= 15 is 0 Å². The van der Waals surface area contributed by atoms with E-state index in [0.717, 1.165) is 36.1 Å². The van der Waals surface area contributed by atoms with Gasteiger partial charge in [0, 0.05) is 6.04 Å². The van der Waals surface area contributed by atoms with E-state index in [-0.39, 0.29) is 5.91 Å². The molecular formula is C13H21NOS. The summed E-state index contributed by atoms with van der Waals surface area (Å²) < 4.78 is 0. The van der Waals surface area contributed by atoms with Gasteiger partial charge in [0.2, 0.25) is 0 Å². The van der Waals surface area contributed by atoms with Gasteiger partial charge in [-0.25, -0.2) is 0 Å². The maximum Gasteiger partial charge on any atom is 0.261 e. The summed E-state index contributed by atoms with van der Waals surface area (Å²) in [7, 11) is 0. The molecule has 16 heavy (non-hydrogen) atoms. The average Bonchev–Trinajstić information content (AvgIpc) is 2.65. The third kappa shape index (κ3) is 3.97. The maximum atomic E-state index is 11.9. The summed E-state index contributed by atoms with van der Waals surface area (Å²) in [6, 6.07) is 2.29. The van der Waals surface area contributed by atoms with Gasteiger partial charge in [0.05, 0.1) is 4.88 Å². The minimum Gasteiger partial charge on any atom is -0.349 e. The zero-order valence-corrected chi connectivity index (χ0v) is 11.2. The lowest BCUT2D eigenvalue weighted by atomic mass is 10.1. The molecule has 1 heterocycles. The van der Waals surface area contributed by atoms with E-state index in [1.165, 1.54) is 11.3 Å². The minimum absolute atomic E-state index is 0.0880. The normalized spacial score (nSPS) is 10.8. The fourth-order valence-corrected chi connectivity index (χ4v) is 2.59. The number of hydrogen-bond donors (Lipinski definition) is 1. The third-order valence-electron chi connectivity index (χ3n) is 2.56. The molecule has 0 saturated heterocycles. The number of carbonyl (C=O) groups excluding carboxylic acids is 1. The van der Waals surface area contributed by atoms with Crippen LogP contribution in [0.1, 0.15) is 54.8 Å². The first-order valence-electron chi connectivity index (χ1n) is 6.03. The molecule has 90 valence electrons. The Labute approximate surface area is 102 Å². The molecule has 1 aromatic rings. The number of carbonyl (C=O) groups is 1. The summed E-state index contributed by atoms with van der Waals surface area (Å²) >= 11 is 1.52. The number of thiophene rings is 1. The highest BCUT2D eigenvalue weighted by molar-refractivity contribution is 7.12. The van der Waals surface area contributed by atoms with Crippen molar-refractivity contribution < 1.29 is 4.79 Å². The van der Waals surface area contributed by atoms with Crippen LogP contribution in [-0.2, 0) is 0 Å². The van der Waals surface area contributed by atoms with Gasteiger partial charge >= 0.3 is 0 Å². The molecule has 1 N–H and O–H groups in total. The van der Waals surface area contributed by atoms with Gasteiger partial charge in [-0.05, 0) is 36.8 Å². The van der Waals surface area contributed by atoms with Crippen LogP contribution < -0.4 is 5.32 Å². The quantitative estimate of drug-likeness (QED) is 0.804. The Morgan fingerprint density at radius 3 is 2.44 bits per heavy atom. The van der Waals surface area contributed by atoms with Crippen LogP contribution >= 0.6 is 11.3 Å². The Morgan fingerprint density at radius 2 is 2.00 bits per heavy atom. The molecule has 0 bridgehead atoms. The smallest absolute Gasteiger partial charge is 0.261 e. The highest BCUT2D eigenvalue weighted by atomic mass is 32.1. The number of nitrogens with one attached hydrogen (secondary N) is 1. The number of hydrogen-bond acceptors (Lipinski definition) is 2. The van der Waals surface area contributed by atoms with Crippen molar-refractivity contribution in [2.45, 2.75) is 52.5 Å². The Bertz CT molecular complexity index is 326. The van der Waals surface area contributed by atoms with Crippen molar-refractivity contribution in [3.05, 3.63) is 21.9 Å². The van der Waals surface area contributed by atoms with Crippen LogP contribution in [0.4, 0.5) is 0 Å². The highest BCUT2D eigenvalue weighted by Gasteiger charge is 2.13. The van der Waals surface area contributed by atoms with Crippen molar-refractivity contribution in [1.29, 1.82) is 0 Å². The molecule has 0 atom stereocenters. The van der Waals surface area contributed by atoms with Gasteiger partial charge in [-0.15, -0.1) is 11.3 Å². The lowest BCUT2D eigenvalue weighted by Gasteiger charge is -2.16. The molecule has 1 amide bonds. The SMILES string of the molecule is CCCC(CCC)NC(=O)c1cc(C)cs1. The van der Waals surface area contributed by atoms with Crippen LogP contribution in [0, 0.1) is 6.92 Å². The fraction of sp³-hybridized carbons (Fsp3) is 0.615. The first kappa shape index (κ1) is 13.2. The molecule has 0 spiro atoms. The fourth-order valence-electron chi connectivity index (χ4n) is 1.79. The summed E-state index contributed by atoms with van der Waals surface area (Å²) in [5.41, 5.74) is 1.16. The van der Waals surface area contributed by atoms with E-state index in [2.05, 4.69) is 19.2 Å². The van der Waals surface area contributed by atoms with E-state index in [0.29, 0.717) is 6.04 Å². The largest absolute Gasteiger partial charge is 0.349 e. The Morgan fingerprint density at radius 1 is 1.38 bits per heavy atom. The van der Waals surface area contributed by atoms with E-state index in [1.807, 2.05) is 18.4 Å². The van der Waals surface area contributed by atoms with E-state index in [4.69, 9.17) is 0 Å². The summed E-state index contributed by atoms with van der Waals surface area (Å²) in [6.45, 7) is 6.33. The second-order valence-corrected chi connectivity index (χ2v) is 5.15. The molecule has 0 fully saturated rings. The van der Waals surface area contributed by atoms with Gasteiger partial charge in [0.15, 0.2) is 0 Å². The van der Waals surface area contributed by atoms with Gasteiger partial charge in [-0.1, -0.05) is 26.7 Å². The molecule has 0 aliphatic carbocycles.